The van der Waals surface area contributed by atoms with Gasteiger partial charge in [-0.25, -0.2) is 9.50 Å². The van der Waals surface area contributed by atoms with Gasteiger partial charge < -0.3 is 18.1 Å². The number of rotatable bonds is 13. The lowest BCUT2D eigenvalue weighted by atomic mass is 10.2. The molecule has 0 saturated heterocycles. The molecule has 0 aliphatic carbocycles. The van der Waals surface area contributed by atoms with Crippen molar-refractivity contribution in [2.75, 3.05) is 26.4 Å². The van der Waals surface area contributed by atoms with Crippen LogP contribution < -0.4 is 0 Å². The van der Waals surface area contributed by atoms with Crippen LogP contribution in [0.1, 0.15) is 56.8 Å². The van der Waals surface area contributed by atoms with Crippen LogP contribution >= 0.6 is 26.8 Å². The second-order valence-electron chi connectivity index (χ2n) is 7.04. The van der Waals surface area contributed by atoms with Crippen LogP contribution in [-0.2, 0) is 33.6 Å². The van der Waals surface area contributed by atoms with Crippen molar-refractivity contribution >= 4 is 32.4 Å². The largest absolute Gasteiger partial charge is 0.345 e. The second-order valence-corrected chi connectivity index (χ2v) is 12.3. The van der Waals surface area contributed by atoms with E-state index in [0.717, 1.165) is 0 Å². The summed E-state index contributed by atoms with van der Waals surface area (Å²) in [7, 11) is -7.80. The Morgan fingerprint density at radius 2 is 1.45 bits per heavy atom. The SMILES string of the molecule is CCOP(=O)(OCC)C(CCc1c(Cl)c(C)nc2c(C#N)c(C)nn12)P(=O)(OCC)OCC. The van der Waals surface area contributed by atoms with Gasteiger partial charge in [-0.3, -0.25) is 9.13 Å². The smallest absolute Gasteiger partial charge is 0.308 e. The molecule has 184 valence electrons. The number of aromatic nitrogens is 3. The first-order valence-corrected chi connectivity index (χ1v) is 14.4. The van der Waals surface area contributed by atoms with Gasteiger partial charge in [0.25, 0.3) is 0 Å². The number of hydrogen-bond acceptors (Lipinski definition) is 9. The highest BCUT2D eigenvalue weighted by Gasteiger charge is 2.50. The van der Waals surface area contributed by atoms with E-state index < -0.39 is 20.6 Å². The molecule has 0 aliphatic rings. The Morgan fingerprint density at radius 3 is 1.88 bits per heavy atom. The summed E-state index contributed by atoms with van der Waals surface area (Å²) in [5.41, 5.74) is 2.28. The van der Waals surface area contributed by atoms with Crippen molar-refractivity contribution in [1.82, 2.24) is 14.6 Å². The predicted molar refractivity (Wildman–Crippen MR) is 126 cm³/mol. The summed E-state index contributed by atoms with van der Waals surface area (Å²) in [5.74, 6) is 0. The van der Waals surface area contributed by atoms with Gasteiger partial charge in [0.2, 0.25) is 0 Å². The third kappa shape index (κ3) is 5.86. The van der Waals surface area contributed by atoms with E-state index in [2.05, 4.69) is 16.2 Å². The van der Waals surface area contributed by atoms with E-state index in [4.69, 9.17) is 29.7 Å². The molecule has 10 nitrogen and oxygen atoms in total. The monoisotopic (exact) mass is 520 g/mol. The van der Waals surface area contributed by atoms with Gasteiger partial charge in [0.15, 0.2) is 11.0 Å². The molecule has 13 heteroatoms. The van der Waals surface area contributed by atoms with Gasteiger partial charge >= 0.3 is 15.2 Å². The summed E-state index contributed by atoms with van der Waals surface area (Å²) in [6, 6.07) is 2.11. The van der Waals surface area contributed by atoms with Crippen LogP contribution in [0.2, 0.25) is 5.02 Å². The Kier molecular flexibility index (Phi) is 10.1. The fourth-order valence-corrected chi connectivity index (χ4v) is 9.13. The molecule has 2 rings (SSSR count). The average molecular weight is 521 g/mol. The molecule has 0 radical (unpaired) electrons. The quantitative estimate of drug-likeness (QED) is 0.307. The third-order valence-electron chi connectivity index (χ3n) is 4.85. The van der Waals surface area contributed by atoms with Gasteiger partial charge in [-0.2, -0.15) is 10.4 Å². The third-order valence-corrected chi connectivity index (χ3v) is 11.5. The molecule has 0 unspecified atom stereocenters. The Balaban J connectivity index is 2.62. The van der Waals surface area contributed by atoms with Crippen molar-refractivity contribution < 1.29 is 27.2 Å². The van der Waals surface area contributed by atoms with Crippen LogP contribution in [0.3, 0.4) is 0 Å². The molecule has 0 fully saturated rings. The topological polar surface area (TPSA) is 125 Å². The van der Waals surface area contributed by atoms with E-state index in [1.807, 2.05) is 0 Å². The minimum Gasteiger partial charge on any atom is -0.308 e. The Bertz CT molecular complexity index is 1070. The van der Waals surface area contributed by atoms with Crippen molar-refractivity contribution in [3.63, 3.8) is 0 Å². The lowest BCUT2D eigenvalue weighted by molar-refractivity contribution is 0.193. The minimum absolute atomic E-state index is 0.0492. The molecule has 2 aromatic rings. The van der Waals surface area contributed by atoms with Crippen LogP contribution in [0.4, 0.5) is 0 Å². The van der Waals surface area contributed by atoms with Gasteiger partial charge in [-0.1, -0.05) is 11.6 Å². The zero-order valence-electron chi connectivity index (χ0n) is 19.8. The van der Waals surface area contributed by atoms with E-state index in [1.165, 1.54) is 4.52 Å². The summed E-state index contributed by atoms with van der Waals surface area (Å²) < 4.78 is 51.2. The Labute approximate surface area is 199 Å². The summed E-state index contributed by atoms with van der Waals surface area (Å²) in [4.78, 5) is 4.41. The number of hydrogen-bond donors (Lipinski definition) is 0. The van der Waals surface area contributed by atoms with Gasteiger partial charge in [0, 0.05) is 0 Å². The van der Waals surface area contributed by atoms with Crippen molar-refractivity contribution in [3.05, 3.63) is 27.7 Å². The molecule has 0 N–H and O–H groups in total. The van der Waals surface area contributed by atoms with Gasteiger partial charge in [0.05, 0.1) is 48.5 Å². The first kappa shape index (κ1) is 27.9. The fraction of sp³-hybridized carbons (Fsp3) is 0.650. The molecule has 2 aromatic heterocycles. The van der Waals surface area contributed by atoms with Gasteiger partial charge in [-0.15, -0.1) is 0 Å². The molecule has 0 amide bonds. The zero-order chi connectivity index (χ0) is 24.8. The molecule has 0 aromatic carbocycles. The first-order chi connectivity index (χ1) is 15.6. The maximum atomic E-state index is 13.8. The van der Waals surface area contributed by atoms with E-state index in [-0.39, 0.29) is 39.3 Å². The number of nitriles is 1. The molecule has 0 bridgehead atoms. The van der Waals surface area contributed by atoms with Crippen LogP contribution in [0.15, 0.2) is 0 Å². The second kappa shape index (κ2) is 11.9. The maximum absolute atomic E-state index is 13.8. The number of halogens is 1. The van der Waals surface area contributed by atoms with Crippen LogP contribution in [0.5, 0.6) is 0 Å². The van der Waals surface area contributed by atoms with Crippen molar-refractivity contribution in [2.45, 2.75) is 59.8 Å². The summed E-state index contributed by atoms with van der Waals surface area (Å²) in [6.45, 7) is 10.5. The zero-order valence-corrected chi connectivity index (χ0v) is 22.4. The highest BCUT2D eigenvalue weighted by Crippen LogP contribution is 2.71. The fourth-order valence-electron chi connectivity index (χ4n) is 3.56. The molecule has 0 spiro atoms. The van der Waals surface area contributed by atoms with Crippen LogP contribution in [0, 0.1) is 25.2 Å². The molecule has 0 saturated carbocycles. The maximum Gasteiger partial charge on any atom is 0.345 e. The molecule has 33 heavy (non-hydrogen) atoms. The van der Waals surface area contributed by atoms with Crippen molar-refractivity contribution in [1.29, 1.82) is 5.26 Å². The van der Waals surface area contributed by atoms with E-state index in [9.17, 15) is 14.4 Å². The Morgan fingerprint density at radius 1 is 0.970 bits per heavy atom. The lowest BCUT2D eigenvalue weighted by Gasteiger charge is -2.31. The van der Waals surface area contributed by atoms with Crippen molar-refractivity contribution in [3.8, 4) is 6.07 Å². The molecule has 0 atom stereocenters. The highest BCUT2D eigenvalue weighted by molar-refractivity contribution is 7.72. The average Bonchev–Trinajstić information content (AvgIpc) is 3.05. The van der Waals surface area contributed by atoms with Crippen LogP contribution in [0.25, 0.3) is 5.65 Å². The lowest BCUT2D eigenvalue weighted by Crippen LogP contribution is -2.19. The molecular formula is C20H31ClN4O6P2. The van der Waals surface area contributed by atoms with Crippen molar-refractivity contribution in [2.24, 2.45) is 0 Å². The van der Waals surface area contributed by atoms with E-state index in [0.29, 0.717) is 33.3 Å². The van der Waals surface area contributed by atoms with E-state index >= 15 is 0 Å². The summed E-state index contributed by atoms with van der Waals surface area (Å²) in [6.07, 6.45) is 0.233. The highest BCUT2D eigenvalue weighted by atomic mass is 35.5. The van der Waals surface area contributed by atoms with Gasteiger partial charge in [-0.05, 0) is 54.4 Å². The van der Waals surface area contributed by atoms with Crippen LogP contribution in [-0.4, -0.2) is 46.4 Å². The first-order valence-electron chi connectivity index (χ1n) is 10.8. The molecular weight excluding hydrogens is 490 g/mol. The summed E-state index contributed by atoms with van der Waals surface area (Å²) >= 11 is 6.56. The van der Waals surface area contributed by atoms with Gasteiger partial charge in [0.1, 0.15) is 11.6 Å². The number of aryl methyl sites for hydroxylation is 3. The standard InChI is InChI=1S/C20H31ClN4O6P2/c1-7-28-32(26,29-8-2)18(33(27,30-9-3)31-10-4)12-11-17-19(21)15(6)23-20-16(13-22)14(5)24-25(17)20/h18H,7-12H2,1-6H3. The number of nitrogens with zero attached hydrogens (tertiary/aromatic N) is 4. The molecule has 2 heterocycles. The van der Waals surface area contributed by atoms with E-state index in [1.54, 1.807) is 41.5 Å². The Hall–Kier alpha value is -1.30. The minimum atomic E-state index is -3.90. The molecule has 0 aliphatic heterocycles. The summed E-state index contributed by atoms with van der Waals surface area (Å²) in [5, 5.41) is 13.1. The normalized spacial score (nSPS) is 12.6. The number of fused-ring (bicyclic) bond motifs is 1. The predicted octanol–water partition coefficient (Wildman–Crippen LogP) is 5.66.